The molecule has 1 aliphatic carbocycles. The van der Waals surface area contributed by atoms with Crippen LogP contribution in [0.5, 0.6) is 0 Å². The molecule has 0 amide bonds. The molecule has 98 valence electrons. The molecule has 5 nitrogen and oxygen atoms in total. The zero-order valence-corrected chi connectivity index (χ0v) is 10.3. The van der Waals surface area contributed by atoms with E-state index in [2.05, 4.69) is 0 Å². The molecule has 1 aromatic carbocycles. The van der Waals surface area contributed by atoms with Crippen molar-refractivity contribution < 1.29 is 14.5 Å². The highest BCUT2D eigenvalue weighted by Gasteiger charge is 2.21. The smallest absolute Gasteiger partial charge is 0.270 e. The Balaban J connectivity index is 2.37. The fraction of sp³-hybridized carbons (Fsp3) is 0.286. The van der Waals surface area contributed by atoms with Crippen molar-refractivity contribution in [3.8, 4) is 0 Å². The number of Topliss-reactive ketones (excluding diaryl/α,β-unsaturated/α-hetero) is 2. The Morgan fingerprint density at radius 1 is 1.11 bits per heavy atom. The van der Waals surface area contributed by atoms with E-state index in [0.717, 1.165) is 12.8 Å². The third kappa shape index (κ3) is 3.13. The quantitative estimate of drug-likeness (QED) is 0.269. The molecule has 0 spiro atoms. The Morgan fingerprint density at radius 3 is 2.32 bits per heavy atom. The lowest BCUT2D eigenvalue weighted by atomic mass is 10.0. The minimum Gasteiger partial charge on any atom is -0.294 e. The molecule has 1 saturated carbocycles. The first-order valence-corrected chi connectivity index (χ1v) is 6.10. The van der Waals surface area contributed by atoms with E-state index in [9.17, 15) is 19.7 Å². The van der Waals surface area contributed by atoms with Gasteiger partial charge < -0.3 is 0 Å². The zero-order valence-electron chi connectivity index (χ0n) is 10.3. The molecule has 1 fully saturated rings. The van der Waals surface area contributed by atoms with Crippen molar-refractivity contribution in [2.45, 2.75) is 25.7 Å². The molecule has 0 aromatic heterocycles. The van der Waals surface area contributed by atoms with Gasteiger partial charge in [-0.2, -0.15) is 0 Å². The monoisotopic (exact) mass is 259 g/mol. The van der Waals surface area contributed by atoms with Gasteiger partial charge in [0, 0.05) is 25.0 Å². The molecule has 0 N–H and O–H groups in total. The van der Waals surface area contributed by atoms with Gasteiger partial charge >= 0.3 is 0 Å². The highest BCUT2D eigenvalue weighted by molar-refractivity contribution is 6.23. The largest absolute Gasteiger partial charge is 0.294 e. The maximum Gasteiger partial charge on any atom is 0.270 e. The molecule has 0 unspecified atom stereocenters. The van der Waals surface area contributed by atoms with Crippen LogP contribution in [0, 0.1) is 10.1 Å². The van der Waals surface area contributed by atoms with Crippen LogP contribution in [0.15, 0.2) is 29.8 Å². The normalized spacial score (nSPS) is 16.1. The van der Waals surface area contributed by atoms with Crippen molar-refractivity contribution in [1.82, 2.24) is 0 Å². The van der Waals surface area contributed by atoms with Gasteiger partial charge in [-0.3, -0.25) is 19.7 Å². The predicted octanol–water partition coefficient (Wildman–Crippen LogP) is 2.69. The van der Waals surface area contributed by atoms with Crippen molar-refractivity contribution in [2.75, 3.05) is 0 Å². The van der Waals surface area contributed by atoms with Gasteiger partial charge in [-0.05, 0) is 24.5 Å². The van der Waals surface area contributed by atoms with E-state index in [0.29, 0.717) is 18.4 Å². The SMILES string of the molecule is O=C1CCCCC(=O)C1=Cc1cccc([N+](=O)[O-])c1. The standard InChI is InChI=1S/C14H13NO4/c16-13-6-1-2-7-14(17)12(13)9-10-4-3-5-11(8-10)15(18)19/h3-5,8-9H,1-2,6-7H2. The zero-order chi connectivity index (χ0) is 13.8. The summed E-state index contributed by atoms with van der Waals surface area (Å²) in [6.45, 7) is 0. The number of hydrogen-bond donors (Lipinski definition) is 0. The van der Waals surface area contributed by atoms with E-state index in [4.69, 9.17) is 0 Å². The second-order valence-electron chi connectivity index (χ2n) is 4.46. The van der Waals surface area contributed by atoms with Gasteiger partial charge in [-0.25, -0.2) is 0 Å². The van der Waals surface area contributed by atoms with Gasteiger partial charge in [0.1, 0.15) is 0 Å². The molecule has 0 radical (unpaired) electrons. The van der Waals surface area contributed by atoms with Crippen LogP contribution in [0.2, 0.25) is 0 Å². The van der Waals surface area contributed by atoms with E-state index < -0.39 is 4.92 Å². The van der Waals surface area contributed by atoms with Gasteiger partial charge in [0.15, 0.2) is 11.6 Å². The third-order valence-electron chi connectivity index (χ3n) is 3.05. The molecule has 19 heavy (non-hydrogen) atoms. The van der Waals surface area contributed by atoms with Crippen LogP contribution in [-0.4, -0.2) is 16.5 Å². The molecule has 0 saturated heterocycles. The lowest BCUT2D eigenvalue weighted by molar-refractivity contribution is -0.384. The number of benzene rings is 1. The van der Waals surface area contributed by atoms with Gasteiger partial charge in [0.25, 0.3) is 5.69 Å². The van der Waals surface area contributed by atoms with Crippen LogP contribution in [0.3, 0.4) is 0 Å². The van der Waals surface area contributed by atoms with Crippen molar-refractivity contribution in [3.05, 3.63) is 45.5 Å². The fourth-order valence-corrected chi connectivity index (χ4v) is 2.05. The third-order valence-corrected chi connectivity index (χ3v) is 3.05. The van der Waals surface area contributed by atoms with E-state index in [1.54, 1.807) is 6.07 Å². The number of hydrogen-bond acceptors (Lipinski definition) is 4. The van der Waals surface area contributed by atoms with Crippen LogP contribution in [-0.2, 0) is 9.59 Å². The average molecular weight is 259 g/mol. The summed E-state index contributed by atoms with van der Waals surface area (Å²) in [6, 6.07) is 5.92. The number of nitro benzene ring substituents is 1. The summed E-state index contributed by atoms with van der Waals surface area (Å²) in [5, 5.41) is 10.7. The first kappa shape index (κ1) is 13.1. The second-order valence-corrected chi connectivity index (χ2v) is 4.46. The summed E-state index contributed by atoms with van der Waals surface area (Å²) in [6.07, 6.45) is 3.63. The Labute approximate surface area is 110 Å². The van der Waals surface area contributed by atoms with E-state index in [1.165, 1.54) is 24.3 Å². The molecular weight excluding hydrogens is 246 g/mol. The molecular formula is C14H13NO4. The molecule has 1 aliphatic rings. The average Bonchev–Trinajstić information content (AvgIpc) is 2.54. The fourth-order valence-electron chi connectivity index (χ4n) is 2.05. The minimum atomic E-state index is -0.501. The Bertz CT molecular complexity index is 555. The van der Waals surface area contributed by atoms with E-state index in [-0.39, 0.29) is 22.8 Å². The number of allylic oxidation sites excluding steroid dienone is 1. The van der Waals surface area contributed by atoms with Gasteiger partial charge in [-0.1, -0.05) is 12.1 Å². The summed E-state index contributed by atoms with van der Waals surface area (Å²) in [5.74, 6) is -0.344. The second kappa shape index (κ2) is 5.56. The molecule has 0 heterocycles. The lowest BCUT2D eigenvalue weighted by Crippen LogP contribution is -2.09. The maximum absolute atomic E-state index is 11.8. The Hall–Kier alpha value is -2.30. The number of ketones is 2. The van der Waals surface area contributed by atoms with Crippen LogP contribution in [0.4, 0.5) is 5.69 Å². The highest BCUT2D eigenvalue weighted by atomic mass is 16.6. The van der Waals surface area contributed by atoms with Crippen LogP contribution < -0.4 is 0 Å². The minimum absolute atomic E-state index is 0.0529. The highest BCUT2D eigenvalue weighted by Crippen LogP contribution is 2.21. The van der Waals surface area contributed by atoms with Crippen molar-refractivity contribution >= 4 is 23.3 Å². The first-order chi connectivity index (χ1) is 9.08. The number of rotatable bonds is 2. The molecule has 0 aliphatic heterocycles. The number of nitrogens with zero attached hydrogens (tertiary/aromatic N) is 1. The van der Waals surface area contributed by atoms with E-state index in [1.807, 2.05) is 0 Å². The lowest BCUT2D eigenvalue weighted by Gasteiger charge is -2.01. The summed E-state index contributed by atoms with van der Waals surface area (Å²) < 4.78 is 0. The van der Waals surface area contributed by atoms with Crippen molar-refractivity contribution in [1.29, 1.82) is 0 Å². The summed E-state index contributed by atoms with van der Waals surface area (Å²) >= 11 is 0. The number of carbonyl (C=O) groups is 2. The Kier molecular flexibility index (Phi) is 3.85. The van der Waals surface area contributed by atoms with E-state index >= 15 is 0 Å². The van der Waals surface area contributed by atoms with Crippen LogP contribution in [0.25, 0.3) is 6.08 Å². The predicted molar refractivity (Wildman–Crippen MR) is 69.6 cm³/mol. The van der Waals surface area contributed by atoms with Gasteiger partial charge in [0.05, 0.1) is 10.5 Å². The summed E-state index contributed by atoms with van der Waals surface area (Å²) in [7, 11) is 0. The maximum atomic E-state index is 11.8. The molecule has 0 atom stereocenters. The van der Waals surface area contributed by atoms with Gasteiger partial charge in [0.2, 0.25) is 0 Å². The number of nitro groups is 1. The van der Waals surface area contributed by atoms with Crippen molar-refractivity contribution in [2.24, 2.45) is 0 Å². The molecule has 5 heteroatoms. The molecule has 2 rings (SSSR count). The molecule has 0 bridgehead atoms. The Morgan fingerprint density at radius 2 is 1.74 bits per heavy atom. The van der Waals surface area contributed by atoms with Crippen molar-refractivity contribution in [3.63, 3.8) is 0 Å². The van der Waals surface area contributed by atoms with Crippen LogP contribution >= 0.6 is 0 Å². The topological polar surface area (TPSA) is 77.3 Å². The number of carbonyl (C=O) groups excluding carboxylic acids is 2. The summed E-state index contributed by atoms with van der Waals surface area (Å²) in [5.41, 5.74) is 0.619. The first-order valence-electron chi connectivity index (χ1n) is 6.10. The van der Waals surface area contributed by atoms with Crippen LogP contribution in [0.1, 0.15) is 31.2 Å². The molecule has 1 aromatic rings. The van der Waals surface area contributed by atoms with Gasteiger partial charge in [-0.15, -0.1) is 0 Å². The summed E-state index contributed by atoms with van der Waals surface area (Å²) in [4.78, 5) is 33.8. The number of non-ortho nitro benzene ring substituents is 1.